The molecule has 0 aromatic heterocycles. The summed E-state index contributed by atoms with van der Waals surface area (Å²) >= 11 is 0. The maximum atomic E-state index is 13.8. The van der Waals surface area contributed by atoms with Crippen LogP contribution in [0.2, 0.25) is 0 Å². The number of aryl methyl sites for hydroxylation is 2. The van der Waals surface area contributed by atoms with Gasteiger partial charge in [0.15, 0.2) is 0 Å². The highest BCUT2D eigenvalue weighted by Crippen LogP contribution is 2.24. The molecule has 0 unspecified atom stereocenters. The molecule has 0 aliphatic carbocycles. The van der Waals surface area contributed by atoms with Crippen LogP contribution in [0.5, 0.6) is 0 Å². The second-order valence-corrected chi connectivity index (χ2v) is 7.80. The van der Waals surface area contributed by atoms with E-state index in [4.69, 9.17) is 0 Å². The second-order valence-electron chi connectivity index (χ2n) is 6.15. The number of sulfonamides is 1. The minimum atomic E-state index is -3.95. The number of anilines is 1. The molecule has 25 heavy (non-hydrogen) atoms. The molecule has 0 saturated heterocycles. The molecule has 6 heteroatoms. The van der Waals surface area contributed by atoms with Crippen molar-refractivity contribution in [1.82, 2.24) is 0 Å². The lowest BCUT2D eigenvalue weighted by molar-refractivity contribution is 0.582. The molecule has 2 aromatic carbocycles. The van der Waals surface area contributed by atoms with Gasteiger partial charge < -0.3 is 0 Å². The van der Waals surface area contributed by atoms with Crippen LogP contribution in [-0.4, -0.2) is 8.42 Å². The Hall–Kier alpha value is -1.95. The molecule has 0 heterocycles. The van der Waals surface area contributed by atoms with Crippen molar-refractivity contribution in [2.24, 2.45) is 0 Å². The van der Waals surface area contributed by atoms with Crippen molar-refractivity contribution in [3.63, 3.8) is 0 Å². The Bertz CT molecular complexity index is 835. The van der Waals surface area contributed by atoms with Crippen LogP contribution in [0.1, 0.15) is 43.7 Å². The summed E-state index contributed by atoms with van der Waals surface area (Å²) in [5, 5.41) is 0. The van der Waals surface area contributed by atoms with Crippen LogP contribution in [0.15, 0.2) is 41.3 Å². The Morgan fingerprint density at radius 3 is 2.44 bits per heavy atom. The summed E-state index contributed by atoms with van der Waals surface area (Å²) in [5.41, 5.74) is 1.42. The first kappa shape index (κ1) is 19.4. The van der Waals surface area contributed by atoms with Crippen LogP contribution in [0.3, 0.4) is 0 Å². The van der Waals surface area contributed by atoms with Gasteiger partial charge in [-0.2, -0.15) is 0 Å². The molecule has 3 nitrogen and oxygen atoms in total. The molecule has 0 bridgehead atoms. The third kappa shape index (κ3) is 5.26. The molecule has 136 valence electrons. The van der Waals surface area contributed by atoms with Crippen molar-refractivity contribution in [3.05, 3.63) is 59.2 Å². The quantitative estimate of drug-likeness (QED) is 0.652. The number of halogens is 2. The molecule has 0 atom stereocenters. The molecule has 0 fully saturated rings. The summed E-state index contributed by atoms with van der Waals surface area (Å²) < 4.78 is 54.4. The van der Waals surface area contributed by atoms with E-state index in [2.05, 4.69) is 11.6 Å². The second kappa shape index (κ2) is 8.43. The highest BCUT2D eigenvalue weighted by atomic mass is 32.2. The van der Waals surface area contributed by atoms with E-state index in [9.17, 15) is 17.2 Å². The normalized spacial score (nSPS) is 11.5. The van der Waals surface area contributed by atoms with Crippen LogP contribution in [-0.2, 0) is 16.4 Å². The fraction of sp³-hybridized carbons (Fsp3) is 0.368. The molecule has 0 radical (unpaired) electrons. The summed E-state index contributed by atoms with van der Waals surface area (Å²) in [6.45, 7) is 4.02. The number of hydrogen-bond donors (Lipinski definition) is 1. The number of nitrogens with one attached hydrogen (secondary N) is 1. The molecular weight excluding hydrogens is 344 g/mol. The Morgan fingerprint density at radius 1 is 1.00 bits per heavy atom. The van der Waals surface area contributed by atoms with Crippen molar-refractivity contribution in [3.8, 4) is 0 Å². The maximum Gasteiger partial charge on any atom is 0.262 e. The van der Waals surface area contributed by atoms with Gasteiger partial charge in [0.2, 0.25) is 0 Å². The lowest BCUT2D eigenvalue weighted by atomic mass is 10.0. The third-order valence-corrected chi connectivity index (χ3v) is 5.45. The van der Waals surface area contributed by atoms with E-state index >= 15 is 0 Å². The largest absolute Gasteiger partial charge is 0.277 e. The van der Waals surface area contributed by atoms with Crippen molar-refractivity contribution >= 4 is 15.7 Å². The van der Waals surface area contributed by atoms with Gasteiger partial charge in [0.25, 0.3) is 10.0 Å². The SMILES string of the molecule is CCCCCCc1cc(C)ccc1S(=O)(=O)Nc1ccc(F)cc1F. The van der Waals surface area contributed by atoms with Crippen LogP contribution < -0.4 is 4.72 Å². The molecule has 0 amide bonds. The zero-order chi connectivity index (χ0) is 18.4. The van der Waals surface area contributed by atoms with Gasteiger partial charge in [0.05, 0.1) is 10.6 Å². The Kier molecular flexibility index (Phi) is 6.53. The number of hydrogen-bond acceptors (Lipinski definition) is 2. The average molecular weight is 367 g/mol. The third-order valence-electron chi connectivity index (χ3n) is 3.98. The van der Waals surface area contributed by atoms with Gasteiger partial charge in [0.1, 0.15) is 11.6 Å². The van der Waals surface area contributed by atoms with Crippen LogP contribution in [0.4, 0.5) is 14.5 Å². The van der Waals surface area contributed by atoms with Gasteiger partial charge in [-0.05, 0) is 43.5 Å². The molecule has 2 aromatic rings. The van der Waals surface area contributed by atoms with Crippen LogP contribution >= 0.6 is 0 Å². The van der Waals surface area contributed by atoms with E-state index in [1.54, 1.807) is 6.07 Å². The van der Waals surface area contributed by atoms with Crippen LogP contribution in [0.25, 0.3) is 0 Å². The van der Waals surface area contributed by atoms with E-state index in [-0.39, 0.29) is 10.6 Å². The highest BCUT2D eigenvalue weighted by molar-refractivity contribution is 7.92. The maximum absolute atomic E-state index is 13.8. The van der Waals surface area contributed by atoms with Crippen molar-refractivity contribution in [1.29, 1.82) is 0 Å². The van der Waals surface area contributed by atoms with E-state index in [0.717, 1.165) is 43.4 Å². The topological polar surface area (TPSA) is 46.2 Å². The minimum absolute atomic E-state index is 0.137. The zero-order valence-corrected chi connectivity index (χ0v) is 15.3. The molecule has 2 rings (SSSR count). The first-order chi connectivity index (χ1) is 11.8. The van der Waals surface area contributed by atoms with Gasteiger partial charge in [-0.25, -0.2) is 17.2 Å². The van der Waals surface area contributed by atoms with Crippen molar-refractivity contribution in [2.75, 3.05) is 4.72 Å². The fourth-order valence-electron chi connectivity index (χ4n) is 2.68. The summed E-state index contributed by atoms with van der Waals surface area (Å²) in [6.07, 6.45) is 4.77. The summed E-state index contributed by atoms with van der Waals surface area (Å²) in [5.74, 6) is -1.70. The predicted octanol–water partition coefficient (Wildman–Crippen LogP) is 5.20. The molecule has 0 aliphatic rings. The first-order valence-electron chi connectivity index (χ1n) is 8.41. The number of unbranched alkanes of at least 4 members (excludes halogenated alkanes) is 3. The predicted molar refractivity (Wildman–Crippen MR) is 96.2 cm³/mol. The molecule has 1 N–H and O–H groups in total. The zero-order valence-electron chi connectivity index (χ0n) is 14.5. The Balaban J connectivity index is 2.28. The van der Waals surface area contributed by atoms with E-state index in [1.165, 1.54) is 6.07 Å². The van der Waals surface area contributed by atoms with Gasteiger partial charge in [-0.3, -0.25) is 4.72 Å². The Morgan fingerprint density at radius 2 is 1.76 bits per heavy atom. The number of benzene rings is 2. The van der Waals surface area contributed by atoms with Gasteiger partial charge in [-0.1, -0.05) is 43.9 Å². The summed E-state index contributed by atoms with van der Waals surface area (Å²) in [6, 6.07) is 7.85. The summed E-state index contributed by atoms with van der Waals surface area (Å²) in [4.78, 5) is 0.137. The monoisotopic (exact) mass is 367 g/mol. The lowest BCUT2D eigenvalue weighted by Gasteiger charge is -2.14. The van der Waals surface area contributed by atoms with E-state index in [0.29, 0.717) is 18.1 Å². The Labute approximate surface area is 148 Å². The number of rotatable bonds is 8. The van der Waals surface area contributed by atoms with Gasteiger partial charge >= 0.3 is 0 Å². The highest BCUT2D eigenvalue weighted by Gasteiger charge is 2.20. The van der Waals surface area contributed by atoms with Crippen molar-refractivity contribution in [2.45, 2.75) is 50.8 Å². The smallest absolute Gasteiger partial charge is 0.262 e. The van der Waals surface area contributed by atoms with Gasteiger partial charge in [-0.15, -0.1) is 0 Å². The first-order valence-corrected chi connectivity index (χ1v) is 9.89. The van der Waals surface area contributed by atoms with E-state index < -0.39 is 21.7 Å². The molecule has 0 aliphatic heterocycles. The molecule has 0 saturated carbocycles. The minimum Gasteiger partial charge on any atom is -0.277 e. The van der Waals surface area contributed by atoms with Gasteiger partial charge in [0, 0.05) is 6.07 Å². The van der Waals surface area contributed by atoms with Crippen LogP contribution in [0, 0.1) is 18.6 Å². The standard InChI is InChI=1S/C19H23F2NO2S/c1-3-4-5-6-7-15-12-14(2)8-11-19(15)25(23,24)22-18-10-9-16(20)13-17(18)21/h8-13,22H,3-7H2,1-2H3. The summed E-state index contributed by atoms with van der Waals surface area (Å²) in [7, 11) is -3.95. The molecular formula is C19H23F2NO2S. The lowest BCUT2D eigenvalue weighted by Crippen LogP contribution is -2.16. The average Bonchev–Trinajstić information content (AvgIpc) is 2.54. The van der Waals surface area contributed by atoms with E-state index in [1.807, 2.05) is 13.0 Å². The molecule has 0 spiro atoms. The van der Waals surface area contributed by atoms with Crippen molar-refractivity contribution < 1.29 is 17.2 Å². The fourth-order valence-corrected chi connectivity index (χ4v) is 4.00.